The molecule has 0 aliphatic rings. The Morgan fingerprint density at radius 2 is 2.07 bits per heavy atom. The molecule has 29 heavy (non-hydrogen) atoms. The lowest BCUT2D eigenvalue weighted by Crippen LogP contribution is -2.09. The van der Waals surface area contributed by atoms with Crippen molar-refractivity contribution in [1.29, 1.82) is 0 Å². The monoisotopic (exact) mass is 451 g/mol. The molecule has 1 aromatic carbocycles. The van der Waals surface area contributed by atoms with E-state index >= 15 is 0 Å². The Morgan fingerprint density at radius 1 is 1.21 bits per heavy atom. The maximum atomic E-state index is 12.4. The SMILES string of the molecule is CCOC(=O)c1ccccc1-c1cc(NCc2cccnc2)n2ncc(Br)c2n1. The van der Waals surface area contributed by atoms with E-state index in [-0.39, 0.29) is 5.97 Å². The van der Waals surface area contributed by atoms with Gasteiger partial charge in [-0.15, -0.1) is 0 Å². The van der Waals surface area contributed by atoms with Crippen molar-refractivity contribution in [3.05, 3.63) is 76.7 Å². The smallest absolute Gasteiger partial charge is 0.338 e. The van der Waals surface area contributed by atoms with E-state index in [1.54, 1.807) is 36.1 Å². The van der Waals surface area contributed by atoms with E-state index in [1.807, 2.05) is 36.4 Å². The molecule has 0 spiro atoms. The first-order valence-electron chi connectivity index (χ1n) is 9.11. The van der Waals surface area contributed by atoms with Gasteiger partial charge in [-0.25, -0.2) is 9.78 Å². The van der Waals surface area contributed by atoms with Gasteiger partial charge >= 0.3 is 5.97 Å². The van der Waals surface area contributed by atoms with Gasteiger partial charge in [0.2, 0.25) is 0 Å². The topological polar surface area (TPSA) is 81.4 Å². The van der Waals surface area contributed by atoms with E-state index in [0.717, 1.165) is 15.9 Å². The second kappa shape index (κ2) is 8.40. The molecule has 0 bridgehead atoms. The van der Waals surface area contributed by atoms with E-state index in [9.17, 15) is 4.79 Å². The molecule has 0 saturated heterocycles. The van der Waals surface area contributed by atoms with Crippen LogP contribution in [0.2, 0.25) is 0 Å². The summed E-state index contributed by atoms with van der Waals surface area (Å²) in [4.78, 5) is 21.3. The minimum absolute atomic E-state index is 0.311. The van der Waals surface area contributed by atoms with Gasteiger partial charge in [-0.3, -0.25) is 4.98 Å². The number of esters is 1. The van der Waals surface area contributed by atoms with Crippen LogP contribution in [0, 0.1) is 0 Å². The lowest BCUT2D eigenvalue weighted by atomic mass is 10.0. The van der Waals surface area contributed by atoms with Gasteiger partial charge in [0.25, 0.3) is 0 Å². The van der Waals surface area contributed by atoms with Crippen LogP contribution in [-0.4, -0.2) is 32.2 Å². The van der Waals surface area contributed by atoms with Gasteiger partial charge in [0, 0.05) is 30.6 Å². The van der Waals surface area contributed by atoms with Crippen LogP contribution < -0.4 is 5.32 Å². The largest absolute Gasteiger partial charge is 0.462 e. The summed E-state index contributed by atoms with van der Waals surface area (Å²) in [6.07, 6.45) is 5.24. The molecule has 0 radical (unpaired) electrons. The van der Waals surface area contributed by atoms with Gasteiger partial charge in [-0.2, -0.15) is 9.61 Å². The summed E-state index contributed by atoms with van der Waals surface area (Å²) in [5, 5.41) is 7.77. The van der Waals surface area contributed by atoms with E-state index < -0.39 is 0 Å². The number of pyridine rings is 1. The number of ether oxygens (including phenoxy) is 1. The van der Waals surface area contributed by atoms with Crippen molar-refractivity contribution >= 4 is 33.4 Å². The van der Waals surface area contributed by atoms with Crippen LogP contribution in [0.5, 0.6) is 0 Å². The van der Waals surface area contributed by atoms with Crippen LogP contribution in [0.3, 0.4) is 0 Å². The van der Waals surface area contributed by atoms with Crippen molar-refractivity contribution in [2.24, 2.45) is 0 Å². The number of hydrogen-bond donors (Lipinski definition) is 1. The molecule has 0 amide bonds. The third kappa shape index (κ3) is 3.97. The number of fused-ring (bicyclic) bond motifs is 1. The summed E-state index contributed by atoms with van der Waals surface area (Å²) >= 11 is 3.50. The summed E-state index contributed by atoms with van der Waals surface area (Å²) in [6, 6.07) is 13.1. The Balaban J connectivity index is 1.78. The fourth-order valence-corrected chi connectivity index (χ4v) is 3.34. The van der Waals surface area contributed by atoms with Gasteiger partial charge in [0.15, 0.2) is 5.65 Å². The zero-order valence-electron chi connectivity index (χ0n) is 15.7. The molecule has 3 aromatic heterocycles. The van der Waals surface area contributed by atoms with Crippen LogP contribution in [-0.2, 0) is 11.3 Å². The number of aromatic nitrogens is 4. The molecule has 7 nitrogen and oxygen atoms in total. The molecular weight excluding hydrogens is 434 g/mol. The van der Waals surface area contributed by atoms with Crippen molar-refractivity contribution < 1.29 is 9.53 Å². The van der Waals surface area contributed by atoms with Gasteiger partial charge in [-0.05, 0) is 40.5 Å². The average Bonchev–Trinajstić information content (AvgIpc) is 3.14. The number of carbonyl (C=O) groups excluding carboxylic acids is 1. The minimum Gasteiger partial charge on any atom is -0.462 e. The molecule has 0 atom stereocenters. The zero-order chi connectivity index (χ0) is 20.2. The normalized spacial score (nSPS) is 10.8. The van der Waals surface area contributed by atoms with Crippen molar-refractivity contribution in [2.45, 2.75) is 13.5 Å². The molecule has 0 aliphatic heterocycles. The van der Waals surface area contributed by atoms with E-state index in [0.29, 0.717) is 35.6 Å². The predicted octanol–water partition coefficient (Wildman–Crippen LogP) is 4.34. The molecule has 4 aromatic rings. The fraction of sp³-hybridized carbons (Fsp3) is 0.143. The van der Waals surface area contributed by atoms with Crippen LogP contribution in [0.15, 0.2) is 65.5 Å². The Kier molecular flexibility index (Phi) is 5.53. The highest BCUT2D eigenvalue weighted by Crippen LogP contribution is 2.28. The highest BCUT2D eigenvalue weighted by Gasteiger charge is 2.17. The minimum atomic E-state index is -0.373. The second-order valence-corrected chi connectivity index (χ2v) is 7.09. The second-order valence-electron chi connectivity index (χ2n) is 6.24. The number of nitrogens with zero attached hydrogens (tertiary/aromatic N) is 4. The third-order valence-electron chi connectivity index (χ3n) is 4.32. The summed E-state index contributed by atoms with van der Waals surface area (Å²) in [7, 11) is 0. The highest BCUT2D eigenvalue weighted by molar-refractivity contribution is 9.10. The first-order valence-corrected chi connectivity index (χ1v) is 9.90. The number of carbonyl (C=O) groups is 1. The van der Waals surface area contributed by atoms with E-state index in [1.165, 1.54) is 0 Å². The number of halogens is 1. The fourth-order valence-electron chi connectivity index (χ4n) is 2.99. The van der Waals surface area contributed by atoms with Crippen LogP contribution in [0.1, 0.15) is 22.8 Å². The van der Waals surface area contributed by atoms with Crippen molar-refractivity contribution in [3.63, 3.8) is 0 Å². The summed E-state index contributed by atoms with van der Waals surface area (Å²) < 4.78 is 7.69. The summed E-state index contributed by atoms with van der Waals surface area (Å²) in [5.74, 6) is 0.375. The van der Waals surface area contributed by atoms with Crippen LogP contribution in [0.4, 0.5) is 5.82 Å². The number of anilines is 1. The van der Waals surface area contributed by atoms with E-state index in [4.69, 9.17) is 9.72 Å². The first-order chi connectivity index (χ1) is 14.2. The average molecular weight is 452 g/mol. The molecule has 3 heterocycles. The van der Waals surface area contributed by atoms with Gasteiger partial charge in [0.1, 0.15) is 5.82 Å². The van der Waals surface area contributed by atoms with Gasteiger partial charge < -0.3 is 10.1 Å². The first kappa shape index (κ1) is 19.1. The van der Waals surface area contributed by atoms with Gasteiger partial charge in [-0.1, -0.05) is 24.3 Å². The Bertz CT molecular complexity index is 1160. The maximum absolute atomic E-state index is 12.4. The van der Waals surface area contributed by atoms with Crippen molar-refractivity contribution in [3.8, 4) is 11.3 Å². The van der Waals surface area contributed by atoms with Gasteiger partial charge in [0.05, 0.1) is 28.5 Å². The highest BCUT2D eigenvalue weighted by atomic mass is 79.9. The van der Waals surface area contributed by atoms with Crippen LogP contribution >= 0.6 is 15.9 Å². The quantitative estimate of drug-likeness (QED) is 0.439. The summed E-state index contributed by atoms with van der Waals surface area (Å²) in [6.45, 7) is 2.67. The number of hydrogen-bond acceptors (Lipinski definition) is 6. The lowest BCUT2D eigenvalue weighted by molar-refractivity contribution is 0.0527. The molecule has 1 N–H and O–H groups in total. The Labute approximate surface area is 175 Å². The third-order valence-corrected chi connectivity index (χ3v) is 4.88. The molecular formula is C21H18BrN5O2. The molecule has 0 unspecified atom stereocenters. The number of benzene rings is 1. The zero-order valence-corrected chi connectivity index (χ0v) is 17.3. The van der Waals surface area contributed by atoms with Crippen LogP contribution in [0.25, 0.3) is 16.9 Å². The Morgan fingerprint density at radius 3 is 2.86 bits per heavy atom. The van der Waals surface area contributed by atoms with Crippen molar-refractivity contribution in [1.82, 2.24) is 19.6 Å². The molecule has 146 valence electrons. The predicted molar refractivity (Wildman–Crippen MR) is 114 cm³/mol. The summed E-state index contributed by atoms with van der Waals surface area (Å²) in [5.41, 5.74) is 3.51. The standard InChI is InChI=1S/C21H18BrN5O2/c1-2-29-21(28)16-8-4-3-7-15(16)18-10-19(24-12-14-6-5-9-23-11-14)27-20(26-18)17(22)13-25-27/h3-11,13,24H,2,12H2,1H3. The molecule has 0 saturated carbocycles. The number of rotatable bonds is 6. The lowest BCUT2D eigenvalue weighted by Gasteiger charge is -2.13. The van der Waals surface area contributed by atoms with Crippen molar-refractivity contribution in [2.75, 3.05) is 11.9 Å². The molecule has 0 fully saturated rings. The molecule has 4 rings (SSSR count). The number of nitrogens with one attached hydrogen (secondary N) is 1. The van der Waals surface area contributed by atoms with E-state index in [2.05, 4.69) is 31.3 Å². The maximum Gasteiger partial charge on any atom is 0.338 e. The Hall–Kier alpha value is -3.26. The molecule has 0 aliphatic carbocycles. The molecule has 8 heteroatoms.